The number of hydrogen-bond acceptors (Lipinski definition) is 5. The van der Waals surface area contributed by atoms with Crippen LogP contribution in [0, 0.1) is 12.8 Å². The molecule has 3 fully saturated rings. The number of aromatic nitrogens is 1. The number of morpholine rings is 1. The molecule has 1 N–H and O–H groups in total. The highest BCUT2D eigenvalue weighted by atomic mass is 16.5. The molecular formula is C27H36N6O3. The van der Waals surface area contributed by atoms with E-state index in [9.17, 15) is 9.59 Å². The number of ether oxygens (including phenoxy) is 1. The second-order valence-corrected chi connectivity index (χ2v) is 10.00. The summed E-state index contributed by atoms with van der Waals surface area (Å²) in [6.07, 6.45) is 2.17. The monoisotopic (exact) mass is 492 g/mol. The van der Waals surface area contributed by atoms with Crippen molar-refractivity contribution in [1.29, 1.82) is 0 Å². The molecule has 0 bridgehead atoms. The number of amides is 4. The predicted molar refractivity (Wildman–Crippen MR) is 142 cm³/mol. The molecule has 4 heterocycles. The Morgan fingerprint density at radius 3 is 2.56 bits per heavy atom. The molecule has 3 saturated heterocycles. The first kappa shape index (κ1) is 24.4. The molecule has 5 rings (SSSR count). The van der Waals surface area contributed by atoms with Crippen molar-refractivity contribution in [1.82, 2.24) is 14.8 Å². The van der Waals surface area contributed by atoms with E-state index in [-0.39, 0.29) is 12.1 Å². The average Bonchev–Trinajstić information content (AvgIpc) is 3.52. The third kappa shape index (κ3) is 4.97. The summed E-state index contributed by atoms with van der Waals surface area (Å²) < 4.78 is 5.54. The van der Waals surface area contributed by atoms with E-state index < -0.39 is 0 Å². The van der Waals surface area contributed by atoms with Crippen molar-refractivity contribution in [3.8, 4) is 11.1 Å². The lowest BCUT2D eigenvalue weighted by Crippen LogP contribution is -2.37. The lowest BCUT2D eigenvalue weighted by Gasteiger charge is -2.29. The third-order valence-corrected chi connectivity index (χ3v) is 7.58. The first-order valence-electron chi connectivity index (χ1n) is 13.0. The number of pyridine rings is 1. The van der Waals surface area contributed by atoms with Crippen LogP contribution in [0.4, 0.5) is 26.9 Å². The Bertz CT molecular complexity index is 1130. The zero-order chi connectivity index (χ0) is 25.2. The summed E-state index contributed by atoms with van der Waals surface area (Å²) in [6.45, 7) is 9.97. The number of rotatable bonds is 5. The van der Waals surface area contributed by atoms with E-state index in [2.05, 4.69) is 30.1 Å². The van der Waals surface area contributed by atoms with Gasteiger partial charge < -0.3 is 24.8 Å². The number of nitrogens with zero attached hydrogens (tertiary/aromatic N) is 5. The van der Waals surface area contributed by atoms with Crippen molar-refractivity contribution in [3.63, 3.8) is 0 Å². The van der Waals surface area contributed by atoms with Gasteiger partial charge in [0.05, 0.1) is 13.2 Å². The van der Waals surface area contributed by atoms with Gasteiger partial charge in [0, 0.05) is 52.0 Å². The summed E-state index contributed by atoms with van der Waals surface area (Å²) in [5, 5.41) is 3.10. The molecule has 192 valence electrons. The van der Waals surface area contributed by atoms with Gasteiger partial charge in [-0.05, 0) is 60.2 Å². The predicted octanol–water partition coefficient (Wildman–Crippen LogP) is 4.03. The number of carbonyl (C=O) groups is 2. The van der Waals surface area contributed by atoms with Crippen molar-refractivity contribution >= 4 is 29.4 Å². The van der Waals surface area contributed by atoms with Crippen LogP contribution in [0.5, 0.6) is 0 Å². The summed E-state index contributed by atoms with van der Waals surface area (Å²) >= 11 is 0. The Kier molecular flexibility index (Phi) is 7.00. The molecule has 3 aliphatic heterocycles. The van der Waals surface area contributed by atoms with Crippen LogP contribution in [0.25, 0.3) is 11.1 Å². The zero-order valence-corrected chi connectivity index (χ0v) is 21.5. The van der Waals surface area contributed by atoms with Gasteiger partial charge in [-0.25, -0.2) is 14.6 Å². The maximum Gasteiger partial charge on any atom is 0.325 e. The fourth-order valence-corrected chi connectivity index (χ4v) is 5.17. The highest BCUT2D eigenvalue weighted by Gasteiger charge is 2.29. The van der Waals surface area contributed by atoms with E-state index in [0.717, 1.165) is 67.2 Å². The molecular weight excluding hydrogens is 456 g/mol. The molecule has 3 aliphatic rings. The molecule has 0 unspecified atom stereocenters. The molecule has 0 spiro atoms. The molecule has 9 nitrogen and oxygen atoms in total. The van der Waals surface area contributed by atoms with Gasteiger partial charge in [-0.15, -0.1) is 0 Å². The normalized spacial score (nSPS) is 20.4. The number of aryl methyl sites for hydroxylation is 1. The van der Waals surface area contributed by atoms with Crippen molar-refractivity contribution in [2.75, 3.05) is 74.6 Å². The lowest BCUT2D eigenvalue weighted by molar-refractivity contribution is 0.122. The van der Waals surface area contributed by atoms with Gasteiger partial charge in [0.15, 0.2) is 0 Å². The molecule has 2 aromatic rings. The number of nitrogens with one attached hydrogen (secondary N) is 1. The van der Waals surface area contributed by atoms with Gasteiger partial charge >= 0.3 is 12.1 Å². The molecule has 9 heteroatoms. The van der Waals surface area contributed by atoms with Crippen LogP contribution in [-0.4, -0.2) is 86.4 Å². The van der Waals surface area contributed by atoms with Gasteiger partial charge in [-0.1, -0.05) is 19.4 Å². The van der Waals surface area contributed by atoms with E-state index in [1.165, 1.54) is 0 Å². The summed E-state index contributed by atoms with van der Waals surface area (Å²) in [7, 11) is 1.81. The van der Waals surface area contributed by atoms with Crippen molar-refractivity contribution < 1.29 is 14.3 Å². The van der Waals surface area contributed by atoms with Crippen molar-refractivity contribution in [2.45, 2.75) is 26.7 Å². The minimum Gasteiger partial charge on any atom is -0.378 e. The Labute approximate surface area is 213 Å². The number of anilines is 3. The molecule has 4 amide bonds. The number of likely N-dealkylation sites (tertiary alicyclic amines) is 1. The molecule has 0 saturated carbocycles. The van der Waals surface area contributed by atoms with Crippen LogP contribution in [-0.2, 0) is 4.74 Å². The summed E-state index contributed by atoms with van der Waals surface area (Å²) in [5.74, 6) is 2.08. The van der Waals surface area contributed by atoms with Crippen LogP contribution in [0.2, 0.25) is 0 Å². The van der Waals surface area contributed by atoms with Gasteiger partial charge in [0.2, 0.25) is 0 Å². The number of urea groups is 2. The summed E-state index contributed by atoms with van der Waals surface area (Å²) in [5.41, 5.74) is 3.85. The van der Waals surface area contributed by atoms with Crippen LogP contribution >= 0.6 is 0 Å². The first-order valence-corrected chi connectivity index (χ1v) is 13.0. The van der Waals surface area contributed by atoms with Gasteiger partial charge in [0.1, 0.15) is 11.6 Å². The standard InChI is InChI=1S/C27H36N6O3/c1-4-20-7-8-32(18-20)26(34)28-22-6-5-19(2)23(17-22)21-15-24(31-11-13-36-14-12-31)29-25(16-21)33-10-9-30(3)27(33)35/h5-6,15-17,20H,4,7-14,18H2,1-3H3,(H,28,34)/t20-/m1/s1. The lowest BCUT2D eigenvalue weighted by atomic mass is 10.00. The Balaban J connectivity index is 1.46. The second kappa shape index (κ2) is 10.3. The van der Waals surface area contributed by atoms with E-state index in [4.69, 9.17) is 9.72 Å². The SMILES string of the molecule is CC[C@@H]1CCN(C(=O)Nc2ccc(C)c(-c3cc(N4CCOCC4)nc(N4CCN(C)C4=O)c3)c2)C1. The number of carbonyl (C=O) groups excluding carboxylic acids is 2. The van der Waals surface area contributed by atoms with Crippen LogP contribution in [0.1, 0.15) is 25.3 Å². The highest BCUT2D eigenvalue weighted by Crippen LogP contribution is 2.33. The summed E-state index contributed by atoms with van der Waals surface area (Å²) in [6, 6.07) is 10.00. The molecule has 1 atom stereocenters. The minimum absolute atomic E-state index is 0.0405. The van der Waals surface area contributed by atoms with E-state index >= 15 is 0 Å². The summed E-state index contributed by atoms with van der Waals surface area (Å²) in [4.78, 5) is 38.1. The molecule has 0 aliphatic carbocycles. The van der Waals surface area contributed by atoms with Gasteiger partial charge in [0.25, 0.3) is 0 Å². The molecule has 36 heavy (non-hydrogen) atoms. The van der Waals surface area contributed by atoms with E-state index in [0.29, 0.717) is 38.0 Å². The smallest absolute Gasteiger partial charge is 0.325 e. The van der Waals surface area contributed by atoms with Gasteiger partial charge in [-0.3, -0.25) is 4.90 Å². The fourth-order valence-electron chi connectivity index (χ4n) is 5.17. The fraction of sp³-hybridized carbons (Fsp3) is 0.519. The molecule has 0 radical (unpaired) electrons. The maximum absolute atomic E-state index is 12.9. The van der Waals surface area contributed by atoms with E-state index in [1.54, 1.807) is 9.80 Å². The van der Waals surface area contributed by atoms with Crippen LogP contribution in [0.15, 0.2) is 30.3 Å². The quantitative estimate of drug-likeness (QED) is 0.682. The second-order valence-electron chi connectivity index (χ2n) is 10.00. The highest BCUT2D eigenvalue weighted by molar-refractivity contribution is 5.94. The Hall–Kier alpha value is -3.33. The van der Waals surface area contributed by atoms with Gasteiger partial charge in [-0.2, -0.15) is 0 Å². The van der Waals surface area contributed by atoms with Crippen LogP contribution in [0.3, 0.4) is 0 Å². The largest absolute Gasteiger partial charge is 0.378 e. The maximum atomic E-state index is 12.9. The Morgan fingerprint density at radius 2 is 1.86 bits per heavy atom. The molecule has 1 aromatic carbocycles. The number of benzene rings is 1. The van der Waals surface area contributed by atoms with Crippen molar-refractivity contribution in [3.05, 3.63) is 35.9 Å². The number of hydrogen-bond donors (Lipinski definition) is 1. The average molecular weight is 493 g/mol. The Morgan fingerprint density at radius 1 is 1.08 bits per heavy atom. The third-order valence-electron chi connectivity index (χ3n) is 7.58. The van der Waals surface area contributed by atoms with E-state index in [1.807, 2.05) is 36.2 Å². The van der Waals surface area contributed by atoms with Crippen molar-refractivity contribution in [2.24, 2.45) is 5.92 Å². The zero-order valence-electron chi connectivity index (χ0n) is 21.5. The molecule has 1 aromatic heterocycles. The first-order chi connectivity index (χ1) is 17.4. The topological polar surface area (TPSA) is 81.2 Å². The number of likely N-dealkylation sites (N-methyl/N-ethyl adjacent to an activating group) is 1. The minimum atomic E-state index is -0.0455. The van der Waals surface area contributed by atoms with Crippen LogP contribution < -0.4 is 15.1 Å².